The van der Waals surface area contributed by atoms with Crippen molar-refractivity contribution >= 4 is 17.9 Å². The third kappa shape index (κ3) is 3.57. The van der Waals surface area contributed by atoms with Gasteiger partial charge in [-0.1, -0.05) is 0 Å². The third-order valence-electron chi connectivity index (χ3n) is 3.31. The molecule has 0 aliphatic carbocycles. The zero-order chi connectivity index (χ0) is 13.8. The Morgan fingerprint density at radius 3 is 2.37 bits per heavy atom. The number of carbonyl (C=O) groups excluding carboxylic acids is 2. The minimum Gasteiger partial charge on any atom is -0.480 e. The second kappa shape index (κ2) is 5.87. The van der Waals surface area contributed by atoms with Gasteiger partial charge in [0, 0.05) is 39.3 Å². The molecule has 0 aromatic heterocycles. The van der Waals surface area contributed by atoms with Crippen molar-refractivity contribution < 1.29 is 19.5 Å². The average molecular weight is 270 g/mol. The van der Waals surface area contributed by atoms with E-state index in [-0.39, 0.29) is 25.0 Å². The summed E-state index contributed by atoms with van der Waals surface area (Å²) in [6, 6.07) is -0.134. The maximum absolute atomic E-state index is 12.2. The molecule has 2 aliphatic heterocycles. The molecule has 106 valence electrons. The quantitative estimate of drug-likeness (QED) is 0.620. The number of carboxylic acid groups (broad SMARTS) is 1. The minimum absolute atomic E-state index is 0.00809. The molecule has 0 saturated carbocycles. The van der Waals surface area contributed by atoms with Crippen LogP contribution < -0.4 is 5.32 Å². The van der Waals surface area contributed by atoms with E-state index in [0.717, 1.165) is 0 Å². The van der Waals surface area contributed by atoms with E-state index >= 15 is 0 Å². The van der Waals surface area contributed by atoms with Gasteiger partial charge in [0.05, 0.1) is 6.54 Å². The molecule has 2 saturated heterocycles. The summed E-state index contributed by atoms with van der Waals surface area (Å²) in [7, 11) is 0. The van der Waals surface area contributed by atoms with Gasteiger partial charge in [-0.2, -0.15) is 0 Å². The monoisotopic (exact) mass is 270 g/mol. The topological polar surface area (TPSA) is 93.2 Å². The Labute approximate surface area is 110 Å². The number of urea groups is 1. The van der Waals surface area contributed by atoms with Crippen molar-refractivity contribution in [2.24, 2.45) is 0 Å². The standard InChI is InChI=1S/C11H18N4O4/c16-9-7-15(2-1-12-9)11(19)14-5-3-13(4-6-14)8-10(17)18/h1-8H2,(H,12,16)(H,17,18). The number of piperazine rings is 2. The lowest BCUT2D eigenvalue weighted by Gasteiger charge is -2.37. The van der Waals surface area contributed by atoms with Crippen LogP contribution in [0, 0.1) is 0 Å². The van der Waals surface area contributed by atoms with Crippen LogP contribution in [0.25, 0.3) is 0 Å². The van der Waals surface area contributed by atoms with E-state index in [2.05, 4.69) is 5.32 Å². The van der Waals surface area contributed by atoms with Crippen molar-refractivity contribution in [2.45, 2.75) is 0 Å². The second-order valence-electron chi connectivity index (χ2n) is 4.71. The summed E-state index contributed by atoms with van der Waals surface area (Å²) < 4.78 is 0. The van der Waals surface area contributed by atoms with Gasteiger partial charge in [-0.25, -0.2) is 4.79 Å². The lowest BCUT2D eigenvalue weighted by Crippen LogP contribution is -2.57. The lowest BCUT2D eigenvalue weighted by molar-refractivity contribution is -0.138. The zero-order valence-corrected chi connectivity index (χ0v) is 10.7. The Hall–Kier alpha value is -1.83. The molecule has 0 aromatic rings. The third-order valence-corrected chi connectivity index (χ3v) is 3.31. The van der Waals surface area contributed by atoms with E-state index in [1.54, 1.807) is 9.80 Å². The van der Waals surface area contributed by atoms with E-state index in [9.17, 15) is 14.4 Å². The Balaban J connectivity index is 1.82. The summed E-state index contributed by atoms with van der Waals surface area (Å²) in [5.41, 5.74) is 0. The molecule has 8 heteroatoms. The van der Waals surface area contributed by atoms with Crippen LogP contribution in [-0.2, 0) is 9.59 Å². The first-order valence-electron chi connectivity index (χ1n) is 6.31. The fourth-order valence-corrected chi connectivity index (χ4v) is 2.29. The zero-order valence-electron chi connectivity index (χ0n) is 10.7. The van der Waals surface area contributed by atoms with Crippen LogP contribution in [0.3, 0.4) is 0 Å². The molecule has 0 aromatic carbocycles. The van der Waals surface area contributed by atoms with Gasteiger partial charge >= 0.3 is 12.0 Å². The van der Waals surface area contributed by atoms with Gasteiger partial charge in [0.25, 0.3) is 0 Å². The highest BCUT2D eigenvalue weighted by Crippen LogP contribution is 2.06. The van der Waals surface area contributed by atoms with Crippen molar-refractivity contribution in [3.05, 3.63) is 0 Å². The average Bonchev–Trinajstić information content (AvgIpc) is 2.38. The molecule has 0 atom stereocenters. The van der Waals surface area contributed by atoms with Crippen molar-refractivity contribution in [1.82, 2.24) is 20.0 Å². The number of aliphatic carboxylic acids is 1. The number of nitrogens with zero attached hydrogens (tertiary/aromatic N) is 3. The first kappa shape index (κ1) is 13.6. The molecule has 8 nitrogen and oxygen atoms in total. The van der Waals surface area contributed by atoms with Gasteiger partial charge < -0.3 is 20.2 Å². The number of hydrogen-bond donors (Lipinski definition) is 2. The minimum atomic E-state index is -0.854. The Bertz CT molecular complexity index is 379. The summed E-state index contributed by atoms with van der Waals surface area (Å²) in [6.07, 6.45) is 0. The molecule has 2 fully saturated rings. The molecule has 3 amide bonds. The van der Waals surface area contributed by atoms with Crippen LogP contribution in [0.2, 0.25) is 0 Å². The molecule has 2 heterocycles. The summed E-state index contributed by atoms with van der Waals surface area (Å²) in [5.74, 6) is -0.989. The first-order valence-corrected chi connectivity index (χ1v) is 6.31. The Kier molecular flexibility index (Phi) is 4.20. The number of nitrogens with one attached hydrogen (secondary N) is 1. The highest BCUT2D eigenvalue weighted by atomic mass is 16.4. The molecule has 2 rings (SSSR count). The molecule has 0 bridgehead atoms. The number of carbonyl (C=O) groups is 3. The van der Waals surface area contributed by atoms with E-state index in [4.69, 9.17) is 5.11 Å². The summed E-state index contributed by atoms with van der Waals surface area (Å²) in [4.78, 5) is 39.0. The fourth-order valence-electron chi connectivity index (χ4n) is 2.29. The predicted octanol–water partition coefficient (Wildman–Crippen LogP) is -1.76. The normalized spacial score (nSPS) is 21.2. The van der Waals surface area contributed by atoms with Crippen LogP contribution in [0.1, 0.15) is 0 Å². The van der Waals surface area contributed by atoms with Crippen molar-refractivity contribution in [1.29, 1.82) is 0 Å². The van der Waals surface area contributed by atoms with Crippen LogP contribution in [0.15, 0.2) is 0 Å². The smallest absolute Gasteiger partial charge is 0.320 e. The van der Waals surface area contributed by atoms with E-state index in [1.165, 1.54) is 4.90 Å². The Morgan fingerprint density at radius 2 is 1.79 bits per heavy atom. The number of hydrogen-bond acceptors (Lipinski definition) is 4. The van der Waals surface area contributed by atoms with Crippen molar-refractivity contribution in [3.63, 3.8) is 0 Å². The molecular formula is C11H18N4O4. The molecule has 2 N–H and O–H groups in total. The summed E-state index contributed by atoms with van der Waals surface area (Å²) >= 11 is 0. The van der Waals surface area contributed by atoms with Gasteiger partial charge in [-0.15, -0.1) is 0 Å². The highest BCUT2D eigenvalue weighted by Gasteiger charge is 2.28. The van der Waals surface area contributed by atoms with Crippen molar-refractivity contribution in [3.8, 4) is 0 Å². The highest BCUT2D eigenvalue weighted by molar-refractivity contribution is 5.85. The molecule has 19 heavy (non-hydrogen) atoms. The SMILES string of the molecule is O=C(O)CN1CCN(C(=O)N2CCNC(=O)C2)CC1. The van der Waals surface area contributed by atoms with Gasteiger partial charge in [0.15, 0.2) is 0 Å². The number of carboxylic acids is 1. The lowest BCUT2D eigenvalue weighted by atomic mass is 10.3. The van der Waals surface area contributed by atoms with Gasteiger partial charge in [0.2, 0.25) is 5.91 Å². The molecular weight excluding hydrogens is 252 g/mol. The molecule has 0 unspecified atom stereocenters. The van der Waals surface area contributed by atoms with Gasteiger partial charge in [0.1, 0.15) is 6.54 Å². The summed E-state index contributed by atoms with van der Waals surface area (Å²) in [5, 5.41) is 11.4. The number of amides is 3. The maximum Gasteiger partial charge on any atom is 0.320 e. The largest absolute Gasteiger partial charge is 0.480 e. The number of rotatable bonds is 2. The molecule has 0 radical (unpaired) electrons. The fraction of sp³-hybridized carbons (Fsp3) is 0.727. The second-order valence-corrected chi connectivity index (χ2v) is 4.71. The maximum atomic E-state index is 12.2. The predicted molar refractivity (Wildman–Crippen MR) is 65.6 cm³/mol. The van der Waals surface area contributed by atoms with Crippen LogP contribution in [0.5, 0.6) is 0 Å². The Morgan fingerprint density at radius 1 is 1.11 bits per heavy atom. The van der Waals surface area contributed by atoms with Crippen LogP contribution in [-0.4, -0.2) is 90.1 Å². The van der Waals surface area contributed by atoms with E-state index in [0.29, 0.717) is 39.3 Å². The van der Waals surface area contributed by atoms with E-state index in [1.807, 2.05) is 0 Å². The molecule has 2 aliphatic rings. The first-order chi connectivity index (χ1) is 9.06. The summed E-state index contributed by atoms with van der Waals surface area (Å²) in [6.45, 7) is 3.25. The van der Waals surface area contributed by atoms with Gasteiger partial charge in [-0.05, 0) is 0 Å². The van der Waals surface area contributed by atoms with E-state index < -0.39 is 5.97 Å². The molecule has 0 spiro atoms. The van der Waals surface area contributed by atoms with Crippen LogP contribution >= 0.6 is 0 Å². The van der Waals surface area contributed by atoms with Gasteiger partial charge in [-0.3, -0.25) is 14.5 Å². The van der Waals surface area contributed by atoms with Crippen LogP contribution in [0.4, 0.5) is 4.79 Å². The van der Waals surface area contributed by atoms with Crippen molar-refractivity contribution in [2.75, 3.05) is 52.4 Å².